The molecule has 1 heterocycles. The summed E-state index contributed by atoms with van der Waals surface area (Å²) in [6.45, 7) is 16.9. The third kappa shape index (κ3) is 8.83. The number of aliphatic hydroxyl groups is 3. The first-order chi connectivity index (χ1) is 13.2. The van der Waals surface area contributed by atoms with E-state index in [1.54, 1.807) is 0 Å². The number of aliphatic hydroxyl groups excluding tert-OH is 2. The van der Waals surface area contributed by atoms with Gasteiger partial charge in [0.2, 0.25) is 0 Å². The number of allylic oxidation sites excluding steroid dienone is 8. The summed E-state index contributed by atoms with van der Waals surface area (Å²) in [4.78, 5) is 10.8. The number of carbonyl (C=O) groups excluding carboxylic acids is 1. The van der Waals surface area contributed by atoms with Crippen molar-refractivity contribution in [1.82, 2.24) is 0 Å². The maximum atomic E-state index is 10.8. The van der Waals surface area contributed by atoms with Gasteiger partial charge in [0.1, 0.15) is 0 Å². The molecular formula is C23H35Cl2GeO5Zr. The molecular weight excluding hydrogens is 591 g/mol. The van der Waals surface area contributed by atoms with Gasteiger partial charge in [-0.05, 0) is 0 Å². The summed E-state index contributed by atoms with van der Waals surface area (Å²) in [7, 11) is 0. The van der Waals surface area contributed by atoms with Crippen molar-refractivity contribution in [2.75, 3.05) is 6.61 Å². The number of cyclic esters (lactones) is 1. The molecule has 1 saturated heterocycles. The van der Waals surface area contributed by atoms with Crippen LogP contribution in [0.5, 0.6) is 0 Å². The molecule has 0 spiro atoms. The fourth-order valence-corrected chi connectivity index (χ4v) is 3.92. The third-order valence-electron chi connectivity index (χ3n) is 6.11. The predicted molar refractivity (Wildman–Crippen MR) is 116 cm³/mol. The van der Waals surface area contributed by atoms with Crippen molar-refractivity contribution in [3.63, 3.8) is 0 Å². The molecule has 0 aromatic rings. The quantitative estimate of drug-likeness (QED) is 0.157. The van der Waals surface area contributed by atoms with Crippen LogP contribution in [0.15, 0.2) is 33.4 Å². The second-order valence-electron chi connectivity index (χ2n) is 8.09. The van der Waals surface area contributed by atoms with Gasteiger partial charge in [0, 0.05) is 0 Å². The largest absolute Gasteiger partial charge is 4.00 e. The standard InChI is InChI=1S/2C9H13.C5H9GeO5.2ClH.Zr/c2*1-6-5-7(2)9(4)8(6)3;6-5(10)3(8)2(1-7)11-4(5)9;;;/h2*6H,1-4H3;2-3,7-8,10H,1,6H2;2*1H;/q2*-1;;;;+4/p-2/t;;2-,3+,5+;;;/m..0.../s1. The first-order valence-electron chi connectivity index (χ1n) is 9.89. The second-order valence-corrected chi connectivity index (χ2v) is 10.4. The van der Waals surface area contributed by atoms with Crippen molar-refractivity contribution in [1.29, 1.82) is 0 Å². The molecule has 0 saturated carbocycles. The van der Waals surface area contributed by atoms with Gasteiger partial charge in [-0.2, -0.15) is 22.3 Å². The second kappa shape index (κ2) is 15.3. The number of halogens is 2. The average molecular weight is 626 g/mol. The van der Waals surface area contributed by atoms with Gasteiger partial charge in [-0.25, -0.2) is 11.1 Å². The molecule has 1 radical (unpaired) electrons. The van der Waals surface area contributed by atoms with Crippen LogP contribution < -0.4 is 24.8 Å². The van der Waals surface area contributed by atoms with E-state index >= 15 is 0 Å². The zero-order chi connectivity index (χ0) is 22.7. The molecule has 0 aromatic carbocycles. The van der Waals surface area contributed by atoms with E-state index in [1.165, 1.54) is 33.4 Å². The molecule has 5 nitrogen and oxygen atoms in total. The number of hydrogen-bond donors (Lipinski definition) is 3. The summed E-state index contributed by atoms with van der Waals surface area (Å²) in [6, 6.07) is 0. The number of carbonyl (C=O) groups is 1. The molecule has 1 aliphatic heterocycles. The molecule has 2 unspecified atom stereocenters. The van der Waals surface area contributed by atoms with Crippen molar-refractivity contribution in [3.8, 4) is 0 Å². The van der Waals surface area contributed by atoms with Crippen LogP contribution in [0.3, 0.4) is 0 Å². The van der Waals surface area contributed by atoms with Crippen molar-refractivity contribution in [2.45, 2.75) is 72.0 Å². The SMILES string of the molecule is CC1=[C-]C(C)C(C)=C1C.CC1=[C-]C(C)C(C)=C1C.O=C1O[C@@H](CO)[C@@H](O)[C@]1(O)[GeH2].[Cl-].[Cl-].[Zr+4]. The minimum absolute atomic E-state index is 0. The van der Waals surface area contributed by atoms with E-state index in [0.717, 1.165) is 0 Å². The van der Waals surface area contributed by atoms with Crippen LogP contribution in [0.25, 0.3) is 0 Å². The average Bonchev–Trinajstić information content (AvgIpc) is 3.11. The molecule has 179 valence electrons. The van der Waals surface area contributed by atoms with E-state index < -0.39 is 29.2 Å². The smallest absolute Gasteiger partial charge is 1.00 e. The van der Waals surface area contributed by atoms with Crippen LogP contribution in [-0.2, 0) is 35.7 Å². The monoisotopic (exact) mass is 625 g/mol. The zero-order valence-corrected chi connectivity index (χ0v) is 27.1. The summed E-state index contributed by atoms with van der Waals surface area (Å²) in [6.07, 6.45) is 4.45. The third-order valence-corrected chi connectivity index (χ3v) is 7.59. The first kappa shape index (κ1) is 36.9. The molecule has 2 aliphatic carbocycles. The molecule has 3 rings (SSSR count). The first-order valence-corrected chi connectivity index (χ1v) is 11.4. The van der Waals surface area contributed by atoms with Crippen molar-refractivity contribution in [3.05, 3.63) is 45.6 Å². The van der Waals surface area contributed by atoms with Crippen LogP contribution in [-0.4, -0.2) is 61.1 Å². The van der Waals surface area contributed by atoms with Gasteiger partial charge in [-0.3, -0.25) is 12.2 Å². The molecule has 0 amide bonds. The Balaban J connectivity index is -0.000000379. The van der Waals surface area contributed by atoms with Crippen molar-refractivity contribution >= 4 is 22.5 Å². The van der Waals surface area contributed by atoms with Gasteiger partial charge < -0.3 is 24.8 Å². The maximum absolute atomic E-state index is 10.8. The van der Waals surface area contributed by atoms with Crippen LogP contribution in [0.4, 0.5) is 0 Å². The van der Waals surface area contributed by atoms with Crippen molar-refractivity contribution in [2.24, 2.45) is 11.8 Å². The molecule has 3 aliphatic rings. The Bertz CT molecular complexity index is 730. The Morgan fingerprint density at radius 1 is 0.938 bits per heavy atom. The molecule has 32 heavy (non-hydrogen) atoms. The van der Waals surface area contributed by atoms with Gasteiger partial charge >= 0.3 is 96.8 Å². The van der Waals surface area contributed by atoms with Gasteiger partial charge in [0.25, 0.3) is 0 Å². The summed E-state index contributed by atoms with van der Waals surface area (Å²) in [5.41, 5.74) is 8.49. The van der Waals surface area contributed by atoms with E-state index in [2.05, 4.69) is 72.3 Å². The Morgan fingerprint density at radius 3 is 1.38 bits per heavy atom. The van der Waals surface area contributed by atoms with E-state index in [0.29, 0.717) is 11.8 Å². The molecule has 0 bridgehead atoms. The molecule has 0 aromatic heterocycles. The Kier molecular flexibility index (Phi) is 17.7. The number of hydrogen-bond acceptors (Lipinski definition) is 5. The Hall–Kier alpha value is 0.316. The van der Waals surface area contributed by atoms with E-state index in [-0.39, 0.29) is 67.5 Å². The van der Waals surface area contributed by atoms with Gasteiger partial charge in [0.05, 0.1) is 0 Å². The van der Waals surface area contributed by atoms with Crippen LogP contribution >= 0.6 is 0 Å². The number of esters is 1. The van der Waals surface area contributed by atoms with Crippen LogP contribution in [0, 0.1) is 24.0 Å². The van der Waals surface area contributed by atoms with Gasteiger partial charge in [-0.15, -0.1) is 13.8 Å². The zero-order valence-electron chi connectivity index (χ0n) is 20.1. The molecule has 1 fully saturated rings. The van der Waals surface area contributed by atoms with Gasteiger partial charge in [0.15, 0.2) is 0 Å². The summed E-state index contributed by atoms with van der Waals surface area (Å²) < 4.78 is 2.72. The normalized spacial score (nSPS) is 30.4. The molecule has 5 atom stereocenters. The van der Waals surface area contributed by atoms with E-state index in [9.17, 15) is 9.90 Å². The fourth-order valence-electron chi connectivity index (χ4n) is 3.19. The minimum Gasteiger partial charge on any atom is -1.00 e. The van der Waals surface area contributed by atoms with Crippen molar-refractivity contribution < 1.29 is 75.9 Å². The van der Waals surface area contributed by atoms with Crippen LogP contribution in [0.2, 0.25) is 0 Å². The Morgan fingerprint density at radius 2 is 1.28 bits per heavy atom. The Labute approximate surface area is 233 Å². The maximum Gasteiger partial charge on any atom is 4.00 e. The number of ether oxygens (including phenoxy) is 1. The number of rotatable bonds is 1. The van der Waals surface area contributed by atoms with E-state index in [4.69, 9.17) is 10.2 Å². The summed E-state index contributed by atoms with van der Waals surface area (Å²) in [5.74, 6) is 0.277. The fraction of sp³-hybridized carbons (Fsp3) is 0.609. The molecule has 3 N–H and O–H groups in total. The van der Waals surface area contributed by atoms with Gasteiger partial charge in [-0.1, -0.05) is 53.4 Å². The predicted octanol–water partition coefficient (Wildman–Crippen LogP) is -3.96. The van der Waals surface area contributed by atoms with Crippen LogP contribution in [0.1, 0.15) is 55.4 Å². The summed E-state index contributed by atoms with van der Waals surface area (Å²) >= 11 is 0.198. The topological polar surface area (TPSA) is 87.0 Å². The van der Waals surface area contributed by atoms with E-state index in [1.807, 2.05) is 0 Å². The molecule has 9 heteroatoms. The minimum atomic E-state index is -1.76. The summed E-state index contributed by atoms with van der Waals surface area (Å²) in [5, 5.41) is 27.0.